The van der Waals surface area contributed by atoms with Gasteiger partial charge in [-0.15, -0.1) is 0 Å². The minimum absolute atomic E-state index is 0.0189. The molecular formula is C19H20N6O. The number of carbonyl (C=O) groups is 1. The molecule has 3 heterocycles. The fourth-order valence-corrected chi connectivity index (χ4v) is 3.01. The lowest BCUT2D eigenvalue weighted by molar-refractivity contribution is -0.123. The standard InChI is InChI=1S/C19H20N6O/c26-19(17-10-16(23-24-17)15-4-2-1-3-5-15)22-12-14-6-7-18(21-11-14)25-9-8-20-13-25/h1-9,11,13,16-17,23-24H,10,12H2,(H,22,26). The molecule has 2 aromatic heterocycles. The first kappa shape index (κ1) is 16.4. The third-order valence-electron chi connectivity index (χ3n) is 4.47. The van der Waals surface area contributed by atoms with E-state index in [1.54, 1.807) is 18.7 Å². The highest BCUT2D eigenvalue weighted by Crippen LogP contribution is 2.21. The quantitative estimate of drug-likeness (QED) is 0.651. The zero-order valence-corrected chi connectivity index (χ0v) is 14.2. The second-order valence-corrected chi connectivity index (χ2v) is 6.25. The van der Waals surface area contributed by atoms with Crippen molar-refractivity contribution in [2.45, 2.75) is 25.0 Å². The maximum absolute atomic E-state index is 12.4. The third kappa shape index (κ3) is 3.63. The fraction of sp³-hybridized carbons (Fsp3) is 0.211. The van der Waals surface area contributed by atoms with Crippen molar-refractivity contribution in [3.05, 3.63) is 78.5 Å². The molecule has 1 aliphatic heterocycles. The number of rotatable bonds is 5. The number of carbonyl (C=O) groups excluding carboxylic acids is 1. The van der Waals surface area contributed by atoms with E-state index in [2.05, 4.69) is 38.3 Å². The van der Waals surface area contributed by atoms with Crippen molar-refractivity contribution in [3.63, 3.8) is 0 Å². The van der Waals surface area contributed by atoms with Gasteiger partial charge in [0.2, 0.25) is 5.91 Å². The van der Waals surface area contributed by atoms with Crippen LogP contribution in [-0.2, 0) is 11.3 Å². The molecule has 7 nitrogen and oxygen atoms in total. The van der Waals surface area contributed by atoms with Gasteiger partial charge in [-0.05, 0) is 23.6 Å². The van der Waals surface area contributed by atoms with Crippen LogP contribution in [0.4, 0.5) is 0 Å². The zero-order valence-electron chi connectivity index (χ0n) is 14.2. The molecule has 26 heavy (non-hydrogen) atoms. The Balaban J connectivity index is 1.30. The van der Waals surface area contributed by atoms with Gasteiger partial charge in [-0.3, -0.25) is 9.36 Å². The van der Waals surface area contributed by atoms with Crippen molar-refractivity contribution in [1.29, 1.82) is 0 Å². The number of aromatic nitrogens is 3. The van der Waals surface area contributed by atoms with Crippen molar-refractivity contribution >= 4 is 5.91 Å². The lowest BCUT2D eigenvalue weighted by atomic mass is 10.0. The average Bonchev–Trinajstić information content (AvgIpc) is 3.39. The molecule has 1 aliphatic rings. The van der Waals surface area contributed by atoms with Crippen molar-refractivity contribution < 1.29 is 4.79 Å². The van der Waals surface area contributed by atoms with Crippen LogP contribution in [0.5, 0.6) is 0 Å². The molecule has 0 bridgehead atoms. The van der Waals surface area contributed by atoms with E-state index in [4.69, 9.17) is 0 Å². The molecule has 4 rings (SSSR count). The predicted molar refractivity (Wildman–Crippen MR) is 97.1 cm³/mol. The number of nitrogens with zero attached hydrogens (tertiary/aromatic N) is 3. The van der Waals surface area contributed by atoms with Crippen LogP contribution in [-0.4, -0.2) is 26.5 Å². The molecule has 1 aromatic carbocycles. The summed E-state index contributed by atoms with van der Waals surface area (Å²) in [5.74, 6) is 0.777. The van der Waals surface area contributed by atoms with Gasteiger partial charge in [-0.25, -0.2) is 20.8 Å². The lowest BCUT2D eigenvalue weighted by Crippen LogP contribution is -2.42. The summed E-state index contributed by atoms with van der Waals surface area (Å²) in [5.41, 5.74) is 8.40. The van der Waals surface area contributed by atoms with Gasteiger partial charge in [-0.1, -0.05) is 36.4 Å². The molecule has 0 saturated carbocycles. The zero-order chi connectivity index (χ0) is 17.8. The van der Waals surface area contributed by atoms with E-state index in [0.717, 1.165) is 11.4 Å². The number of hydrogen-bond donors (Lipinski definition) is 3. The van der Waals surface area contributed by atoms with E-state index in [1.807, 2.05) is 41.1 Å². The first-order chi connectivity index (χ1) is 12.8. The molecule has 0 aliphatic carbocycles. The molecule has 1 amide bonds. The Hall–Kier alpha value is -3.03. The van der Waals surface area contributed by atoms with Gasteiger partial charge in [0.1, 0.15) is 18.2 Å². The molecule has 7 heteroatoms. The monoisotopic (exact) mass is 348 g/mol. The van der Waals surface area contributed by atoms with Crippen molar-refractivity contribution in [2.24, 2.45) is 0 Å². The number of nitrogens with one attached hydrogen (secondary N) is 3. The van der Waals surface area contributed by atoms with E-state index in [9.17, 15) is 4.79 Å². The topological polar surface area (TPSA) is 83.9 Å². The Kier molecular flexibility index (Phi) is 4.72. The first-order valence-corrected chi connectivity index (χ1v) is 8.56. The Morgan fingerprint density at radius 3 is 2.81 bits per heavy atom. The SMILES string of the molecule is O=C(NCc1ccc(-n2ccnc2)nc1)C1CC(c2ccccc2)NN1. The number of benzene rings is 1. The smallest absolute Gasteiger partial charge is 0.238 e. The average molecular weight is 348 g/mol. The number of pyridine rings is 1. The summed E-state index contributed by atoms with van der Waals surface area (Å²) in [4.78, 5) is 20.8. The summed E-state index contributed by atoms with van der Waals surface area (Å²) in [6, 6.07) is 13.9. The van der Waals surface area contributed by atoms with Gasteiger partial charge in [-0.2, -0.15) is 0 Å². The van der Waals surface area contributed by atoms with Gasteiger partial charge in [0.15, 0.2) is 0 Å². The Morgan fingerprint density at radius 1 is 1.19 bits per heavy atom. The Bertz CT molecular complexity index is 848. The second-order valence-electron chi connectivity index (χ2n) is 6.25. The third-order valence-corrected chi connectivity index (χ3v) is 4.47. The summed E-state index contributed by atoms with van der Waals surface area (Å²) >= 11 is 0. The molecule has 3 N–H and O–H groups in total. The highest BCUT2D eigenvalue weighted by Gasteiger charge is 2.29. The summed E-state index contributed by atoms with van der Waals surface area (Å²) in [6.07, 6.45) is 7.73. The van der Waals surface area contributed by atoms with Gasteiger partial charge in [0.25, 0.3) is 0 Å². The molecule has 0 radical (unpaired) electrons. The molecule has 132 valence electrons. The Morgan fingerprint density at radius 2 is 2.08 bits per heavy atom. The Labute approximate surface area is 151 Å². The van der Waals surface area contributed by atoms with E-state index < -0.39 is 0 Å². The van der Waals surface area contributed by atoms with Crippen LogP contribution in [0, 0.1) is 0 Å². The first-order valence-electron chi connectivity index (χ1n) is 8.56. The van der Waals surface area contributed by atoms with Crippen LogP contribution >= 0.6 is 0 Å². The summed E-state index contributed by atoms with van der Waals surface area (Å²) in [6.45, 7) is 0.449. The molecule has 2 atom stereocenters. The molecule has 0 spiro atoms. The fourth-order valence-electron chi connectivity index (χ4n) is 3.01. The van der Waals surface area contributed by atoms with Crippen LogP contribution < -0.4 is 16.2 Å². The van der Waals surface area contributed by atoms with Crippen LogP contribution in [0.1, 0.15) is 23.6 Å². The predicted octanol–water partition coefficient (Wildman–Crippen LogP) is 1.49. The summed E-state index contributed by atoms with van der Waals surface area (Å²) in [5, 5.41) is 2.97. The van der Waals surface area contributed by atoms with E-state index in [-0.39, 0.29) is 18.0 Å². The van der Waals surface area contributed by atoms with Gasteiger partial charge >= 0.3 is 0 Å². The van der Waals surface area contributed by atoms with Crippen molar-refractivity contribution in [1.82, 2.24) is 30.7 Å². The highest BCUT2D eigenvalue weighted by atomic mass is 16.2. The maximum Gasteiger partial charge on any atom is 0.238 e. The summed E-state index contributed by atoms with van der Waals surface area (Å²) in [7, 11) is 0. The molecule has 3 aromatic rings. The number of hydrazine groups is 1. The van der Waals surface area contributed by atoms with Gasteiger partial charge in [0, 0.05) is 31.2 Å². The molecular weight excluding hydrogens is 328 g/mol. The number of imidazole rings is 1. The number of amides is 1. The van der Waals surface area contributed by atoms with Gasteiger partial charge < -0.3 is 5.32 Å². The van der Waals surface area contributed by atoms with Gasteiger partial charge in [0.05, 0.1) is 0 Å². The van der Waals surface area contributed by atoms with Crippen molar-refractivity contribution in [3.8, 4) is 5.82 Å². The van der Waals surface area contributed by atoms with E-state index in [1.165, 1.54) is 5.56 Å². The highest BCUT2D eigenvalue weighted by molar-refractivity contribution is 5.82. The summed E-state index contributed by atoms with van der Waals surface area (Å²) < 4.78 is 1.83. The lowest BCUT2D eigenvalue weighted by Gasteiger charge is -2.11. The van der Waals surface area contributed by atoms with Crippen LogP contribution in [0.2, 0.25) is 0 Å². The largest absolute Gasteiger partial charge is 0.351 e. The van der Waals surface area contributed by atoms with E-state index >= 15 is 0 Å². The van der Waals surface area contributed by atoms with Crippen LogP contribution in [0.15, 0.2) is 67.4 Å². The minimum Gasteiger partial charge on any atom is -0.351 e. The second kappa shape index (κ2) is 7.47. The molecule has 2 unspecified atom stereocenters. The molecule has 1 saturated heterocycles. The van der Waals surface area contributed by atoms with Crippen LogP contribution in [0.25, 0.3) is 5.82 Å². The number of hydrogen-bond acceptors (Lipinski definition) is 5. The van der Waals surface area contributed by atoms with E-state index in [0.29, 0.717) is 13.0 Å². The van der Waals surface area contributed by atoms with Crippen LogP contribution in [0.3, 0.4) is 0 Å². The normalized spacial score (nSPS) is 19.4. The van der Waals surface area contributed by atoms with Crippen molar-refractivity contribution in [2.75, 3.05) is 0 Å². The molecule has 1 fully saturated rings. The maximum atomic E-state index is 12.4. The minimum atomic E-state index is -0.251.